The Bertz CT molecular complexity index is 3150. The van der Waals surface area contributed by atoms with Crippen LogP contribution < -0.4 is 20.7 Å². The first-order chi connectivity index (χ1) is 28.4. The van der Waals surface area contributed by atoms with E-state index in [2.05, 4.69) is 206 Å². The SMILES string of the molecule is Cn1c(-c2cccc([Si](c3ccccc3)(c3ccccc3)c3ccc4c5cc6c(cc5n(-c5ccccn5)c4c3)C(C)(C)c3ccccc3S6)c2)nc2ccccc21. The van der Waals surface area contributed by atoms with Crippen molar-refractivity contribution in [1.82, 2.24) is 19.1 Å². The Kier molecular flexibility index (Phi) is 7.97. The zero-order chi connectivity index (χ0) is 39.0. The normalized spacial score (nSPS) is 13.5. The summed E-state index contributed by atoms with van der Waals surface area (Å²) in [4.78, 5) is 12.8. The van der Waals surface area contributed by atoms with Crippen LogP contribution in [0.15, 0.2) is 198 Å². The highest BCUT2D eigenvalue weighted by Gasteiger charge is 2.42. The van der Waals surface area contributed by atoms with Crippen LogP contribution in [0.5, 0.6) is 0 Å². The number of hydrogen-bond donors (Lipinski definition) is 0. The lowest BCUT2D eigenvalue weighted by atomic mass is 9.77. The van der Waals surface area contributed by atoms with E-state index in [1.807, 2.05) is 24.0 Å². The lowest BCUT2D eigenvalue weighted by molar-refractivity contribution is 0.608. The predicted octanol–water partition coefficient (Wildman–Crippen LogP) is 9.90. The van der Waals surface area contributed by atoms with Crippen molar-refractivity contribution in [2.45, 2.75) is 29.1 Å². The molecule has 0 aliphatic carbocycles. The molecule has 1 aliphatic heterocycles. The van der Waals surface area contributed by atoms with E-state index in [9.17, 15) is 0 Å². The molecule has 1 aliphatic rings. The number of benzene rings is 7. The number of imidazole rings is 1. The fraction of sp³-hybridized carbons (Fsp3) is 0.0769. The van der Waals surface area contributed by atoms with Gasteiger partial charge in [0.2, 0.25) is 0 Å². The van der Waals surface area contributed by atoms with Crippen LogP contribution in [0.4, 0.5) is 0 Å². The van der Waals surface area contributed by atoms with Crippen LogP contribution in [-0.2, 0) is 12.5 Å². The average Bonchev–Trinajstić information content (AvgIpc) is 3.78. The maximum atomic E-state index is 5.16. The van der Waals surface area contributed by atoms with Crippen molar-refractivity contribution in [3.8, 4) is 17.2 Å². The number of aromatic nitrogens is 4. The molecule has 0 N–H and O–H groups in total. The molecule has 0 radical (unpaired) electrons. The largest absolute Gasteiger partial charge is 0.327 e. The van der Waals surface area contributed by atoms with Crippen LogP contribution in [0.2, 0.25) is 0 Å². The van der Waals surface area contributed by atoms with Crippen molar-refractivity contribution >= 4 is 73.4 Å². The molecule has 6 heteroatoms. The van der Waals surface area contributed by atoms with Crippen LogP contribution in [-0.4, -0.2) is 27.2 Å². The second-order valence-corrected chi connectivity index (χ2v) is 20.8. The Labute approximate surface area is 343 Å². The van der Waals surface area contributed by atoms with Gasteiger partial charge in [-0.1, -0.05) is 159 Å². The quantitative estimate of drug-likeness (QED) is 0.125. The van der Waals surface area contributed by atoms with E-state index in [0.717, 1.165) is 33.8 Å². The van der Waals surface area contributed by atoms with Crippen LogP contribution in [0.1, 0.15) is 25.0 Å². The molecule has 58 heavy (non-hydrogen) atoms. The summed E-state index contributed by atoms with van der Waals surface area (Å²) >= 11 is 1.89. The van der Waals surface area contributed by atoms with Crippen LogP contribution in [0.25, 0.3) is 50.0 Å². The van der Waals surface area contributed by atoms with Gasteiger partial charge in [-0.15, -0.1) is 0 Å². The van der Waals surface area contributed by atoms with Gasteiger partial charge in [0.25, 0.3) is 0 Å². The van der Waals surface area contributed by atoms with Gasteiger partial charge in [-0.3, -0.25) is 4.57 Å². The first kappa shape index (κ1) is 34.7. The predicted molar refractivity (Wildman–Crippen MR) is 245 cm³/mol. The topological polar surface area (TPSA) is 35.6 Å². The maximum Gasteiger partial charge on any atom is 0.179 e. The van der Waals surface area contributed by atoms with Gasteiger partial charge in [0.1, 0.15) is 11.6 Å². The average molecular weight is 781 g/mol. The lowest BCUT2D eigenvalue weighted by Gasteiger charge is -2.34. The molecule has 0 atom stereocenters. The second-order valence-electron chi connectivity index (χ2n) is 15.9. The van der Waals surface area contributed by atoms with E-state index in [1.54, 1.807) is 0 Å². The van der Waals surface area contributed by atoms with Gasteiger partial charge < -0.3 is 4.57 Å². The molecular formula is C52H40N4SSi. The van der Waals surface area contributed by atoms with Crippen molar-refractivity contribution in [3.05, 3.63) is 199 Å². The first-order valence-electron chi connectivity index (χ1n) is 19.9. The van der Waals surface area contributed by atoms with Gasteiger partial charge in [-0.05, 0) is 80.4 Å². The Morgan fingerprint density at radius 1 is 0.517 bits per heavy atom. The zero-order valence-corrected chi connectivity index (χ0v) is 34.4. The fourth-order valence-corrected chi connectivity index (χ4v) is 15.8. The molecule has 0 amide bonds. The summed E-state index contributed by atoms with van der Waals surface area (Å²) in [6.45, 7) is 4.73. The summed E-state index contributed by atoms with van der Waals surface area (Å²) in [7, 11) is -0.855. The molecule has 0 bridgehead atoms. The van der Waals surface area contributed by atoms with Crippen molar-refractivity contribution in [1.29, 1.82) is 0 Å². The minimum atomic E-state index is -2.98. The van der Waals surface area contributed by atoms with Crippen molar-refractivity contribution in [2.24, 2.45) is 7.05 Å². The minimum absolute atomic E-state index is 0.158. The van der Waals surface area contributed by atoms with E-state index < -0.39 is 8.07 Å². The van der Waals surface area contributed by atoms with Crippen LogP contribution in [0.3, 0.4) is 0 Å². The van der Waals surface area contributed by atoms with Gasteiger partial charge in [0.05, 0.1) is 22.1 Å². The highest BCUT2D eigenvalue weighted by molar-refractivity contribution is 7.99. The molecule has 10 aromatic rings. The van der Waals surface area contributed by atoms with Gasteiger partial charge in [-0.25, -0.2) is 9.97 Å². The number of para-hydroxylation sites is 2. The van der Waals surface area contributed by atoms with Crippen LogP contribution >= 0.6 is 11.8 Å². The summed E-state index contributed by atoms with van der Waals surface area (Å²) in [5.41, 5.74) is 8.12. The van der Waals surface area contributed by atoms with E-state index in [0.29, 0.717) is 0 Å². The third-order valence-electron chi connectivity index (χ3n) is 12.4. The van der Waals surface area contributed by atoms with E-state index in [-0.39, 0.29) is 5.41 Å². The Balaban J connectivity index is 1.22. The Morgan fingerprint density at radius 2 is 1.19 bits per heavy atom. The number of fused-ring (bicyclic) bond motifs is 6. The molecule has 0 unspecified atom stereocenters. The molecule has 4 nitrogen and oxygen atoms in total. The number of aryl methyl sites for hydroxylation is 1. The van der Waals surface area contributed by atoms with E-state index >= 15 is 0 Å². The summed E-state index contributed by atoms with van der Waals surface area (Å²) in [6, 6.07) is 67.3. The molecule has 0 spiro atoms. The highest BCUT2D eigenvalue weighted by atomic mass is 32.2. The molecule has 11 rings (SSSR count). The number of hydrogen-bond acceptors (Lipinski definition) is 3. The summed E-state index contributed by atoms with van der Waals surface area (Å²) in [5.74, 6) is 1.88. The van der Waals surface area contributed by atoms with Gasteiger partial charge in [0.15, 0.2) is 8.07 Å². The maximum absolute atomic E-state index is 5.16. The summed E-state index contributed by atoms with van der Waals surface area (Å²) < 4.78 is 4.62. The molecule has 0 saturated carbocycles. The monoisotopic (exact) mass is 780 g/mol. The van der Waals surface area contributed by atoms with Crippen molar-refractivity contribution in [3.63, 3.8) is 0 Å². The first-order valence-corrected chi connectivity index (χ1v) is 22.7. The molecule has 4 heterocycles. The van der Waals surface area contributed by atoms with E-state index in [1.165, 1.54) is 58.0 Å². The van der Waals surface area contributed by atoms with Crippen molar-refractivity contribution in [2.75, 3.05) is 0 Å². The molecule has 3 aromatic heterocycles. The van der Waals surface area contributed by atoms with Crippen molar-refractivity contribution < 1.29 is 0 Å². The summed E-state index contributed by atoms with van der Waals surface area (Å²) in [5, 5.41) is 7.74. The minimum Gasteiger partial charge on any atom is -0.327 e. The third kappa shape index (κ3) is 5.15. The molecule has 278 valence electrons. The molecule has 0 fully saturated rings. The van der Waals surface area contributed by atoms with Gasteiger partial charge in [-0.2, -0.15) is 0 Å². The smallest absolute Gasteiger partial charge is 0.179 e. The highest BCUT2D eigenvalue weighted by Crippen LogP contribution is 2.51. The van der Waals surface area contributed by atoms with E-state index in [4.69, 9.17) is 9.97 Å². The Hall–Kier alpha value is -6.47. The second kappa shape index (κ2) is 13.3. The lowest BCUT2D eigenvalue weighted by Crippen LogP contribution is -2.74. The third-order valence-corrected chi connectivity index (χ3v) is 18.3. The number of rotatable bonds is 6. The fourth-order valence-electron chi connectivity index (χ4n) is 9.59. The molecular weight excluding hydrogens is 741 g/mol. The molecule has 7 aromatic carbocycles. The Morgan fingerprint density at radius 3 is 1.95 bits per heavy atom. The van der Waals surface area contributed by atoms with Gasteiger partial charge in [0, 0.05) is 44.8 Å². The number of pyridine rings is 1. The standard InChI is InChI=1S/C52H40N4SSi/c1-52(2)42-23-10-13-26-48(42)57-49-33-41-40-29-28-39(32-46(40)56(47(41)34-43(49)52)50-27-14-15-30-53-50)58(36-18-6-4-7-19-36,37-20-8-5-9-21-37)38-22-16-17-35(31-38)51-54-44-24-11-12-25-45(44)55(51)3/h4-34H,1-3H3. The summed E-state index contributed by atoms with van der Waals surface area (Å²) in [6.07, 6.45) is 1.91. The number of nitrogens with zero attached hydrogens (tertiary/aromatic N) is 4. The molecule has 0 saturated heterocycles. The van der Waals surface area contributed by atoms with Gasteiger partial charge >= 0.3 is 0 Å². The zero-order valence-electron chi connectivity index (χ0n) is 32.6. The van der Waals surface area contributed by atoms with Crippen LogP contribution in [0, 0.1) is 0 Å².